The van der Waals surface area contributed by atoms with Gasteiger partial charge in [0.25, 0.3) is 0 Å². The van der Waals surface area contributed by atoms with Gasteiger partial charge in [0.2, 0.25) is 0 Å². The van der Waals surface area contributed by atoms with Gasteiger partial charge in [-0.3, -0.25) is 0 Å². The van der Waals surface area contributed by atoms with Crippen molar-refractivity contribution in [3.05, 3.63) is 24.0 Å². The number of nitrogens with one attached hydrogen (secondary N) is 1. The molecule has 0 aromatic heterocycles. The molecular weight excluding hydrogens is 186 g/mol. The standard InChI is InChI=1S/C13H23NO/c1-11(10-14-13(2,3)4)9-12-7-5-6-8-15-12/h6,8-9,12,14H,5,7,10H2,1-4H3. The average Bonchev–Trinajstić information content (AvgIpc) is 2.15. The van der Waals surface area contributed by atoms with Crippen LogP contribution in [0.1, 0.15) is 40.5 Å². The van der Waals surface area contributed by atoms with Gasteiger partial charge in [-0.25, -0.2) is 0 Å². The van der Waals surface area contributed by atoms with Crippen molar-refractivity contribution >= 4 is 0 Å². The molecule has 1 unspecified atom stereocenters. The molecule has 1 heterocycles. The van der Waals surface area contributed by atoms with E-state index in [0.717, 1.165) is 19.4 Å². The van der Waals surface area contributed by atoms with Gasteiger partial charge in [0.05, 0.1) is 6.26 Å². The lowest BCUT2D eigenvalue weighted by atomic mass is 10.1. The molecule has 1 N–H and O–H groups in total. The predicted molar refractivity (Wildman–Crippen MR) is 64.8 cm³/mol. The molecule has 2 nitrogen and oxygen atoms in total. The monoisotopic (exact) mass is 209 g/mol. The maximum absolute atomic E-state index is 5.50. The van der Waals surface area contributed by atoms with Gasteiger partial charge in [-0.2, -0.15) is 0 Å². The average molecular weight is 209 g/mol. The summed E-state index contributed by atoms with van der Waals surface area (Å²) >= 11 is 0. The normalized spacial score (nSPS) is 22.7. The Morgan fingerprint density at radius 2 is 2.27 bits per heavy atom. The van der Waals surface area contributed by atoms with E-state index < -0.39 is 0 Å². The Bertz CT molecular complexity index is 248. The number of ether oxygens (including phenoxy) is 1. The van der Waals surface area contributed by atoms with Crippen LogP contribution in [0.5, 0.6) is 0 Å². The molecule has 0 saturated heterocycles. The first-order valence-electron chi connectivity index (χ1n) is 5.70. The third kappa shape index (κ3) is 5.63. The first-order valence-corrected chi connectivity index (χ1v) is 5.70. The SMILES string of the molecule is CC(=CC1CCC=CO1)CNC(C)(C)C. The fourth-order valence-corrected chi connectivity index (χ4v) is 1.46. The Morgan fingerprint density at radius 1 is 1.53 bits per heavy atom. The van der Waals surface area contributed by atoms with Crippen molar-refractivity contribution in [2.24, 2.45) is 0 Å². The zero-order valence-electron chi connectivity index (χ0n) is 10.3. The lowest BCUT2D eigenvalue weighted by Crippen LogP contribution is -2.36. The van der Waals surface area contributed by atoms with Gasteiger partial charge in [-0.05, 0) is 52.7 Å². The summed E-state index contributed by atoms with van der Waals surface area (Å²) in [5.74, 6) is 0. The van der Waals surface area contributed by atoms with E-state index in [-0.39, 0.29) is 11.6 Å². The number of hydrogen-bond acceptors (Lipinski definition) is 2. The van der Waals surface area contributed by atoms with Crippen molar-refractivity contribution < 1.29 is 4.74 Å². The van der Waals surface area contributed by atoms with Crippen LogP contribution in [-0.4, -0.2) is 18.2 Å². The van der Waals surface area contributed by atoms with Crippen molar-refractivity contribution in [1.82, 2.24) is 5.32 Å². The number of allylic oxidation sites excluding steroid dienone is 1. The molecule has 1 aliphatic heterocycles. The molecule has 1 atom stereocenters. The van der Waals surface area contributed by atoms with Crippen LogP contribution in [0.15, 0.2) is 24.0 Å². The molecule has 0 fully saturated rings. The fourth-order valence-electron chi connectivity index (χ4n) is 1.46. The fraction of sp³-hybridized carbons (Fsp3) is 0.692. The number of rotatable bonds is 3. The van der Waals surface area contributed by atoms with E-state index in [0.29, 0.717) is 0 Å². The van der Waals surface area contributed by atoms with E-state index in [9.17, 15) is 0 Å². The first kappa shape index (κ1) is 12.3. The molecule has 0 bridgehead atoms. The van der Waals surface area contributed by atoms with Gasteiger partial charge < -0.3 is 10.1 Å². The minimum absolute atomic E-state index is 0.183. The van der Waals surface area contributed by atoms with Gasteiger partial charge >= 0.3 is 0 Å². The van der Waals surface area contributed by atoms with Crippen molar-refractivity contribution in [2.75, 3.05) is 6.54 Å². The van der Waals surface area contributed by atoms with Gasteiger partial charge in [0, 0.05) is 12.1 Å². The highest BCUT2D eigenvalue weighted by Crippen LogP contribution is 2.13. The smallest absolute Gasteiger partial charge is 0.116 e. The van der Waals surface area contributed by atoms with E-state index in [4.69, 9.17) is 4.74 Å². The van der Waals surface area contributed by atoms with Crippen LogP contribution in [0.3, 0.4) is 0 Å². The third-order valence-corrected chi connectivity index (χ3v) is 2.34. The summed E-state index contributed by atoms with van der Waals surface area (Å²) in [4.78, 5) is 0. The van der Waals surface area contributed by atoms with E-state index in [1.165, 1.54) is 5.57 Å². The second kappa shape index (κ2) is 5.36. The summed E-state index contributed by atoms with van der Waals surface area (Å²) in [5, 5.41) is 3.47. The quantitative estimate of drug-likeness (QED) is 0.721. The van der Waals surface area contributed by atoms with Gasteiger partial charge in [-0.15, -0.1) is 0 Å². The molecule has 0 radical (unpaired) electrons. The maximum atomic E-state index is 5.50. The molecule has 0 aromatic rings. The molecule has 2 heteroatoms. The van der Waals surface area contributed by atoms with Crippen LogP contribution >= 0.6 is 0 Å². The van der Waals surface area contributed by atoms with Gasteiger partial charge in [-0.1, -0.05) is 5.57 Å². The summed E-state index contributed by atoms with van der Waals surface area (Å²) in [7, 11) is 0. The van der Waals surface area contributed by atoms with Crippen molar-refractivity contribution in [1.29, 1.82) is 0 Å². The van der Waals surface area contributed by atoms with Crippen molar-refractivity contribution in [2.45, 2.75) is 52.2 Å². The molecule has 0 aliphatic carbocycles. The summed E-state index contributed by atoms with van der Waals surface area (Å²) in [6.07, 6.45) is 8.62. The molecule has 0 spiro atoms. The molecular formula is C13H23NO. The van der Waals surface area contributed by atoms with E-state index in [1.807, 2.05) is 6.26 Å². The summed E-state index contributed by atoms with van der Waals surface area (Å²) in [5.41, 5.74) is 1.54. The largest absolute Gasteiger partial charge is 0.494 e. The first-order chi connectivity index (χ1) is 6.97. The van der Waals surface area contributed by atoms with Crippen molar-refractivity contribution in [3.8, 4) is 0 Å². The highest BCUT2D eigenvalue weighted by Gasteiger charge is 2.10. The second-order valence-corrected chi connectivity index (χ2v) is 5.24. The van der Waals surface area contributed by atoms with Crippen molar-refractivity contribution in [3.63, 3.8) is 0 Å². The minimum Gasteiger partial charge on any atom is -0.494 e. The number of hydrogen-bond donors (Lipinski definition) is 1. The van der Waals surface area contributed by atoms with Crippen LogP contribution in [0, 0.1) is 0 Å². The summed E-state index contributed by atoms with van der Waals surface area (Å²) < 4.78 is 5.50. The van der Waals surface area contributed by atoms with Crippen LogP contribution < -0.4 is 5.32 Å². The molecule has 1 rings (SSSR count). The van der Waals surface area contributed by atoms with Crippen LogP contribution in [-0.2, 0) is 4.74 Å². The van der Waals surface area contributed by atoms with E-state index in [2.05, 4.69) is 45.2 Å². The molecule has 0 aromatic carbocycles. The van der Waals surface area contributed by atoms with Crippen LogP contribution in [0.4, 0.5) is 0 Å². The lowest BCUT2D eigenvalue weighted by Gasteiger charge is -2.22. The highest BCUT2D eigenvalue weighted by molar-refractivity contribution is 5.06. The molecule has 1 aliphatic rings. The molecule has 0 amide bonds. The Balaban J connectivity index is 2.35. The van der Waals surface area contributed by atoms with E-state index >= 15 is 0 Å². The Kier molecular flexibility index (Phi) is 4.40. The Labute approximate surface area is 93.4 Å². The third-order valence-electron chi connectivity index (χ3n) is 2.34. The highest BCUT2D eigenvalue weighted by atomic mass is 16.5. The molecule has 0 saturated carbocycles. The Morgan fingerprint density at radius 3 is 2.80 bits per heavy atom. The molecule has 15 heavy (non-hydrogen) atoms. The minimum atomic E-state index is 0.183. The zero-order valence-corrected chi connectivity index (χ0v) is 10.3. The summed E-state index contributed by atoms with van der Waals surface area (Å²) in [6.45, 7) is 9.63. The zero-order chi connectivity index (χ0) is 11.3. The van der Waals surface area contributed by atoms with Gasteiger partial charge in [0.1, 0.15) is 6.10 Å². The van der Waals surface area contributed by atoms with Crippen LogP contribution in [0.2, 0.25) is 0 Å². The lowest BCUT2D eigenvalue weighted by molar-refractivity contribution is 0.164. The molecule has 86 valence electrons. The summed E-state index contributed by atoms with van der Waals surface area (Å²) in [6, 6.07) is 0. The van der Waals surface area contributed by atoms with E-state index in [1.54, 1.807) is 0 Å². The maximum Gasteiger partial charge on any atom is 0.116 e. The predicted octanol–water partition coefficient (Wildman–Crippen LogP) is 3.01. The second-order valence-electron chi connectivity index (χ2n) is 5.24. The van der Waals surface area contributed by atoms with Gasteiger partial charge in [0.15, 0.2) is 0 Å². The topological polar surface area (TPSA) is 21.3 Å². The Hall–Kier alpha value is -0.760. The van der Waals surface area contributed by atoms with Crippen LogP contribution in [0.25, 0.3) is 0 Å².